The number of benzene rings is 1. The van der Waals surface area contributed by atoms with Crippen molar-refractivity contribution in [2.24, 2.45) is 5.92 Å². The van der Waals surface area contributed by atoms with E-state index >= 15 is 0 Å². The minimum atomic E-state index is -0.754. The number of aliphatic carboxylic acids is 1. The molecule has 0 aliphatic heterocycles. The zero-order valence-corrected chi connectivity index (χ0v) is 12.8. The van der Waals surface area contributed by atoms with E-state index in [1.165, 1.54) is 10.4 Å². The number of carboxylic acid groups (broad SMARTS) is 1. The molecule has 0 bridgehead atoms. The van der Waals surface area contributed by atoms with Gasteiger partial charge in [-0.15, -0.1) is 11.3 Å². The molecule has 0 saturated heterocycles. The summed E-state index contributed by atoms with van der Waals surface area (Å²) in [4.78, 5) is 17.1. The highest BCUT2D eigenvalue weighted by Gasteiger charge is 2.20. The molecule has 1 heterocycles. The molecule has 20 heavy (non-hydrogen) atoms. The molecule has 0 spiro atoms. The van der Waals surface area contributed by atoms with Crippen LogP contribution in [0.25, 0.3) is 0 Å². The van der Waals surface area contributed by atoms with Crippen molar-refractivity contribution in [3.05, 3.63) is 51.0 Å². The Hall–Kier alpha value is -1.68. The zero-order valence-electron chi connectivity index (χ0n) is 12.0. The highest BCUT2D eigenvalue weighted by atomic mass is 32.1. The van der Waals surface area contributed by atoms with Crippen LogP contribution < -0.4 is 0 Å². The van der Waals surface area contributed by atoms with Gasteiger partial charge < -0.3 is 5.11 Å². The van der Waals surface area contributed by atoms with E-state index in [1.54, 1.807) is 11.3 Å². The lowest BCUT2D eigenvalue weighted by atomic mass is 9.96. The van der Waals surface area contributed by atoms with Crippen molar-refractivity contribution in [3.8, 4) is 0 Å². The molecule has 3 nitrogen and oxygen atoms in total. The molecule has 0 amide bonds. The first-order chi connectivity index (χ1) is 9.45. The van der Waals surface area contributed by atoms with Crippen LogP contribution >= 0.6 is 11.3 Å². The van der Waals surface area contributed by atoms with Gasteiger partial charge in [-0.25, -0.2) is 4.98 Å². The Morgan fingerprint density at radius 3 is 2.35 bits per heavy atom. The second-order valence-corrected chi connectivity index (χ2v) is 6.47. The number of nitrogens with zero attached hydrogens (tertiary/aromatic N) is 1. The van der Waals surface area contributed by atoms with Crippen molar-refractivity contribution < 1.29 is 9.90 Å². The maximum atomic E-state index is 11.4. The predicted molar refractivity (Wildman–Crippen MR) is 81.3 cm³/mol. The maximum absolute atomic E-state index is 11.4. The van der Waals surface area contributed by atoms with Crippen molar-refractivity contribution in [1.29, 1.82) is 0 Å². The third-order valence-electron chi connectivity index (χ3n) is 3.45. The molecule has 4 heteroatoms. The van der Waals surface area contributed by atoms with E-state index in [0.29, 0.717) is 12.8 Å². The minimum absolute atomic E-state index is 0.414. The molecule has 1 unspecified atom stereocenters. The van der Waals surface area contributed by atoms with Crippen LogP contribution in [0.15, 0.2) is 24.3 Å². The Bertz CT molecular complexity index is 582. The highest BCUT2D eigenvalue weighted by molar-refractivity contribution is 7.11. The summed E-state index contributed by atoms with van der Waals surface area (Å²) < 4.78 is 0. The van der Waals surface area contributed by atoms with E-state index in [4.69, 9.17) is 0 Å². The number of aryl methyl sites for hydroxylation is 3. The summed E-state index contributed by atoms with van der Waals surface area (Å²) in [5.74, 6) is -1.17. The first kappa shape index (κ1) is 14.7. The molecule has 0 aliphatic rings. The van der Waals surface area contributed by atoms with Gasteiger partial charge in [0.1, 0.15) is 0 Å². The first-order valence-corrected chi connectivity index (χ1v) is 7.48. The fraction of sp³-hybridized carbons (Fsp3) is 0.375. The topological polar surface area (TPSA) is 50.2 Å². The second kappa shape index (κ2) is 6.18. The second-order valence-electron chi connectivity index (χ2n) is 5.18. The highest BCUT2D eigenvalue weighted by Crippen LogP contribution is 2.22. The van der Waals surface area contributed by atoms with E-state index in [9.17, 15) is 9.90 Å². The van der Waals surface area contributed by atoms with E-state index in [1.807, 2.05) is 45.0 Å². The van der Waals surface area contributed by atoms with Crippen LogP contribution in [0.2, 0.25) is 0 Å². The molecule has 0 radical (unpaired) electrons. The van der Waals surface area contributed by atoms with Gasteiger partial charge in [0.15, 0.2) is 0 Å². The summed E-state index contributed by atoms with van der Waals surface area (Å²) >= 11 is 1.60. The minimum Gasteiger partial charge on any atom is -0.481 e. The molecule has 1 N–H and O–H groups in total. The number of carbonyl (C=O) groups is 1. The summed E-state index contributed by atoms with van der Waals surface area (Å²) in [7, 11) is 0. The predicted octanol–water partition coefficient (Wildman–Crippen LogP) is 3.55. The third kappa shape index (κ3) is 3.67. The quantitative estimate of drug-likeness (QED) is 0.915. The summed E-state index contributed by atoms with van der Waals surface area (Å²) in [6.45, 7) is 6.01. The van der Waals surface area contributed by atoms with Crippen LogP contribution in [0.1, 0.15) is 26.7 Å². The van der Waals surface area contributed by atoms with Gasteiger partial charge in [0.25, 0.3) is 0 Å². The Morgan fingerprint density at radius 1 is 1.20 bits per heavy atom. The van der Waals surface area contributed by atoms with Gasteiger partial charge in [-0.05, 0) is 32.8 Å². The van der Waals surface area contributed by atoms with Crippen LogP contribution in [0.3, 0.4) is 0 Å². The lowest BCUT2D eigenvalue weighted by Gasteiger charge is -2.11. The molecule has 2 rings (SSSR count). The average molecular weight is 289 g/mol. The molecule has 0 aliphatic carbocycles. The van der Waals surface area contributed by atoms with E-state index in [-0.39, 0.29) is 0 Å². The summed E-state index contributed by atoms with van der Waals surface area (Å²) in [5.41, 5.74) is 3.25. The number of thiazole rings is 1. The smallest absolute Gasteiger partial charge is 0.307 e. The van der Waals surface area contributed by atoms with Gasteiger partial charge in [0.2, 0.25) is 0 Å². The standard InChI is InChI=1S/C16H19NO2S/c1-10-4-6-13(7-5-10)8-14(16(18)19)9-15-17-11(2)12(3)20-15/h4-7,14H,8-9H2,1-3H3,(H,18,19). The summed E-state index contributed by atoms with van der Waals surface area (Å²) in [5, 5.41) is 10.3. The molecule has 0 fully saturated rings. The SMILES string of the molecule is Cc1ccc(CC(Cc2nc(C)c(C)s2)C(=O)O)cc1. The van der Waals surface area contributed by atoms with Crippen molar-refractivity contribution in [1.82, 2.24) is 4.98 Å². The van der Waals surface area contributed by atoms with Crippen LogP contribution in [0, 0.1) is 26.7 Å². The third-order valence-corrected chi connectivity index (χ3v) is 4.54. The van der Waals surface area contributed by atoms with E-state index < -0.39 is 11.9 Å². The van der Waals surface area contributed by atoms with Crippen molar-refractivity contribution in [2.45, 2.75) is 33.6 Å². The van der Waals surface area contributed by atoms with Crippen molar-refractivity contribution in [2.75, 3.05) is 0 Å². The fourth-order valence-electron chi connectivity index (χ4n) is 2.09. The van der Waals surface area contributed by atoms with Gasteiger partial charge in [0.05, 0.1) is 16.6 Å². The number of carboxylic acids is 1. The largest absolute Gasteiger partial charge is 0.481 e. The number of rotatable bonds is 5. The normalized spacial score (nSPS) is 12.3. The van der Waals surface area contributed by atoms with Crippen LogP contribution in [0.4, 0.5) is 0 Å². The van der Waals surface area contributed by atoms with E-state index in [2.05, 4.69) is 4.98 Å². The Balaban J connectivity index is 2.11. The van der Waals surface area contributed by atoms with E-state index in [0.717, 1.165) is 16.3 Å². The molecular weight excluding hydrogens is 270 g/mol. The van der Waals surface area contributed by atoms with Gasteiger partial charge >= 0.3 is 5.97 Å². The van der Waals surface area contributed by atoms with Gasteiger partial charge in [-0.1, -0.05) is 29.8 Å². The lowest BCUT2D eigenvalue weighted by molar-refractivity contribution is -0.141. The molecule has 106 valence electrons. The number of hydrogen-bond donors (Lipinski definition) is 1. The van der Waals surface area contributed by atoms with Gasteiger partial charge in [0, 0.05) is 11.3 Å². The van der Waals surface area contributed by atoms with Crippen LogP contribution in [0.5, 0.6) is 0 Å². The molecule has 2 aromatic rings. The lowest BCUT2D eigenvalue weighted by Crippen LogP contribution is -2.19. The Morgan fingerprint density at radius 2 is 1.85 bits per heavy atom. The number of aromatic nitrogens is 1. The van der Waals surface area contributed by atoms with Gasteiger partial charge in [-0.2, -0.15) is 0 Å². The van der Waals surface area contributed by atoms with Crippen LogP contribution in [-0.4, -0.2) is 16.1 Å². The summed E-state index contributed by atoms with van der Waals surface area (Å²) in [6.07, 6.45) is 1.05. The molecule has 1 aromatic heterocycles. The average Bonchev–Trinajstić information content (AvgIpc) is 2.70. The fourth-order valence-corrected chi connectivity index (χ4v) is 3.11. The molecule has 1 aromatic carbocycles. The maximum Gasteiger partial charge on any atom is 0.307 e. The Kier molecular flexibility index (Phi) is 4.55. The summed E-state index contributed by atoms with van der Waals surface area (Å²) in [6, 6.07) is 8.05. The molecular formula is C16H19NO2S. The monoisotopic (exact) mass is 289 g/mol. The first-order valence-electron chi connectivity index (χ1n) is 6.67. The van der Waals surface area contributed by atoms with Gasteiger partial charge in [-0.3, -0.25) is 4.79 Å². The Labute approximate surface area is 123 Å². The van der Waals surface area contributed by atoms with Crippen molar-refractivity contribution >= 4 is 17.3 Å². The zero-order chi connectivity index (χ0) is 14.7. The molecule has 0 saturated carbocycles. The van der Waals surface area contributed by atoms with Crippen LogP contribution in [-0.2, 0) is 17.6 Å². The molecule has 1 atom stereocenters. The number of hydrogen-bond acceptors (Lipinski definition) is 3. The van der Waals surface area contributed by atoms with Crippen molar-refractivity contribution in [3.63, 3.8) is 0 Å².